The van der Waals surface area contributed by atoms with E-state index in [0.717, 1.165) is 16.8 Å². The molecule has 1 amide bonds. The number of thiazole rings is 1. The topological polar surface area (TPSA) is 68.0 Å². The summed E-state index contributed by atoms with van der Waals surface area (Å²) in [7, 11) is 0. The van der Waals surface area contributed by atoms with E-state index in [4.69, 9.17) is 4.52 Å². The Labute approximate surface area is 132 Å². The van der Waals surface area contributed by atoms with Crippen LogP contribution in [-0.2, 0) is 0 Å². The minimum Gasteiger partial charge on any atom is -0.351 e. The van der Waals surface area contributed by atoms with Gasteiger partial charge in [-0.3, -0.25) is 10.1 Å². The van der Waals surface area contributed by atoms with Crippen LogP contribution in [0.2, 0.25) is 0 Å². The Kier molecular flexibility index (Phi) is 3.77. The normalized spacial score (nSPS) is 10.7. The zero-order chi connectivity index (χ0) is 15.7. The monoisotopic (exact) mass is 313 g/mol. The van der Waals surface area contributed by atoms with E-state index in [1.165, 1.54) is 16.9 Å². The van der Waals surface area contributed by atoms with Crippen molar-refractivity contribution in [1.29, 1.82) is 0 Å². The second-order valence-corrected chi connectivity index (χ2v) is 6.00. The Morgan fingerprint density at radius 1 is 1.23 bits per heavy atom. The molecular formula is C16H15N3O2S. The van der Waals surface area contributed by atoms with Crippen molar-refractivity contribution in [2.75, 3.05) is 5.32 Å². The van der Waals surface area contributed by atoms with Gasteiger partial charge in [0.2, 0.25) is 5.76 Å². The fourth-order valence-corrected chi connectivity index (χ4v) is 2.80. The van der Waals surface area contributed by atoms with Crippen molar-refractivity contribution in [3.8, 4) is 11.3 Å². The summed E-state index contributed by atoms with van der Waals surface area (Å²) in [5, 5.41) is 8.90. The minimum absolute atomic E-state index is 0.181. The fraction of sp³-hybridized carbons (Fsp3) is 0.188. The Hall–Kier alpha value is -2.47. The molecule has 5 nitrogen and oxygen atoms in total. The smallest absolute Gasteiger partial charge is 0.296 e. The maximum absolute atomic E-state index is 12.0. The molecule has 3 rings (SSSR count). The summed E-state index contributed by atoms with van der Waals surface area (Å²) >= 11 is 1.38. The maximum atomic E-state index is 12.0. The second kappa shape index (κ2) is 5.73. The number of carbonyl (C=O) groups is 1. The van der Waals surface area contributed by atoms with Gasteiger partial charge in [-0.25, -0.2) is 4.98 Å². The van der Waals surface area contributed by atoms with Crippen LogP contribution < -0.4 is 5.32 Å². The third-order valence-electron chi connectivity index (χ3n) is 3.25. The number of hydrogen-bond donors (Lipinski definition) is 1. The third-order valence-corrected chi connectivity index (χ3v) is 4.00. The Bertz CT molecular complexity index is 836. The molecule has 0 spiro atoms. The van der Waals surface area contributed by atoms with Gasteiger partial charge in [0.1, 0.15) is 0 Å². The largest absolute Gasteiger partial charge is 0.351 e. The van der Waals surface area contributed by atoms with Crippen LogP contribution in [0.3, 0.4) is 0 Å². The lowest BCUT2D eigenvalue weighted by Gasteiger charge is -2.03. The van der Waals surface area contributed by atoms with Crippen molar-refractivity contribution in [2.45, 2.75) is 20.8 Å². The van der Waals surface area contributed by atoms with Crippen molar-refractivity contribution in [2.24, 2.45) is 0 Å². The minimum atomic E-state index is -0.345. The van der Waals surface area contributed by atoms with Gasteiger partial charge in [-0.2, -0.15) is 0 Å². The standard InChI is InChI=1S/C16H15N3O2S/c1-9-4-5-10(2)12(6-9)13-8-22-16(17-13)18-15(20)14-7-11(3)19-21-14/h4-8H,1-3H3,(H,17,18,20). The SMILES string of the molecule is Cc1ccc(C)c(-c2csc(NC(=O)c3cc(C)no3)n2)c1. The van der Waals surface area contributed by atoms with Gasteiger partial charge >= 0.3 is 0 Å². The highest BCUT2D eigenvalue weighted by Crippen LogP contribution is 2.28. The molecule has 2 aromatic heterocycles. The number of anilines is 1. The van der Waals surface area contributed by atoms with Crippen LogP contribution in [0.4, 0.5) is 5.13 Å². The molecule has 112 valence electrons. The van der Waals surface area contributed by atoms with Crippen LogP contribution in [0.1, 0.15) is 27.4 Å². The van der Waals surface area contributed by atoms with Crippen LogP contribution in [0, 0.1) is 20.8 Å². The highest BCUT2D eigenvalue weighted by atomic mass is 32.1. The first kappa shape index (κ1) is 14.5. The third kappa shape index (κ3) is 2.92. The van der Waals surface area contributed by atoms with Crippen LogP contribution in [-0.4, -0.2) is 16.0 Å². The first-order valence-corrected chi connectivity index (χ1v) is 7.69. The van der Waals surface area contributed by atoms with Crippen molar-refractivity contribution in [1.82, 2.24) is 10.1 Å². The number of nitrogens with zero attached hydrogens (tertiary/aromatic N) is 2. The molecule has 6 heteroatoms. The quantitative estimate of drug-likeness (QED) is 0.794. The molecule has 0 aliphatic rings. The van der Waals surface area contributed by atoms with Crippen LogP contribution in [0.5, 0.6) is 0 Å². The molecule has 1 aromatic carbocycles. The van der Waals surface area contributed by atoms with Gasteiger partial charge in [0.25, 0.3) is 5.91 Å². The fourth-order valence-electron chi connectivity index (χ4n) is 2.10. The van der Waals surface area contributed by atoms with Gasteiger partial charge < -0.3 is 4.52 Å². The molecule has 0 saturated heterocycles. The van der Waals surface area contributed by atoms with Crippen molar-refractivity contribution in [3.63, 3.8) is 0 Å². The van der Waals surface area contributed by atoms with Gasteiger partial charge in [-0.05, 0) is 32.4 Å². The van der Waals surface area contributed by atoms with Crippen LogP contribution >= 0.6 is 11.3 Å². The van der Waals surface area contributed by atoms with E-state index in [1.54, 1.807) is 13.0 Å². The summed E-state index contributed by atoms with van der Waals surface area (Å²) in [6.07, 6.45) is 0. The predicted molar refractivity (Wildman–Crippen MR) is 86.2 cm³/mol. The Balaban J connectivity index is 1.82. The van der Waals surface area contributed by atoms with E-state index in [1.807, 2.05) is 19.2 Å². The zero-order valence-corrected chi connectivity index (χ0v) is 13.3. The van der Waals surface area contributed by atoms with E-state index < -0.39 is 0 Å². The number of rotatable bonds is 3. The first-order valence-electron chi connectivity index (χ1n) is 6.81. The van der Waals surface area contributed by atoms with E-state index in [-0.39, 0.29) is 11.7 Å². The summed E-state index contributed by atoms with van der Waals surface area (Å²) in [6, 6.07) is 7.82. The van der Waals surface area contributed by atoms with Crippen LogP contribution in [0.25, 0.3) is 11.3 Å². The average molecular weight is 313 g/mol. The molecule has 0 atom stereocenters. The highest BCUT2D eigenvalue weighted by Gasteiger charge is 2.14. The predicted octanol–water partition coefficient (Wildman–Crippen LogP) is 3.98. The number of nitrogens with one attached hydrogen (secondary N) is 1. The Morgan fingerprint density at radius 2 is 2.05 bits per heavy atom. The zero-order valence-electron chi connectivity index (χ0n) is 12.5. The lowest BCUT2D eigenvalue weighted by molar-refractivity contribution is 0.0988. The Morgan fingerprint density at radius 3 is 2.77 bits per heavy atom. The molecule has 0 aliphatic heterocycles. The van der Waals surface area contributed by atoms with E-state index in [9.17, 15) is 4.79 Å². The molecule has 0 unspecified atom stereocenters. The molecule has 22 heavy (non-hydrogen) atoms. The van der Waals surface area contributed by atoms with Crippen molar-refractivity contribution in [3.05, 3.63) is 52.2 Å². The molecule has 3 aromatic rings. The summed E-state index contributed by atoms with van der Waals surface area (Å²) in [6.45, 7) is 5.86. The van der Waals surface area contributed by atoms with E-state index >= 15 is 0 Å². The van der Waals surface area contributed by atoms with Crippen molar-refractivity contribution < 1.29 is 9.32 Å². The van der Waals surface area contributed by atoms with Gasteiger partial charge in [0, 0.05) is 17.0 Å². The van der Waals surface area contributed by atoms with E-state index in [0.29, 0.717) is 10.8 Å². The molecule has 2 heterocycles. The number of amides is 1. The summed E-state index contributed by atoms with van der Waals surface area (Å²) in [5.41, 5.74) is 4.93. The second-order valence-electron chi connectivity index (χ2n) is 5.14. The van der Waals surface area contributed by atoms with E-state index in [2.05, 4.69) is 33.7 Å². The molecule has 0 bridgehead atoms. The van der Waals surface area contributed by atoms with Gasteiger partial charge in [-0.15, -0.1) is 11.3 Å². The summed E-state index contributed by atoms with van der Waals surface area (Å²) < 4.78 is 4.94. The number of carbonyl (C=O) groups excluding carboxylic acids is 1. The molecule has 0 aliphatic carbocycles. The number of aromatic nitrogens is 2. The molecule has 0 fully saturated rings. The van der Waals surface area contributed by atoms with Crippen LogP contribution in [0.15, 0.2) is 34.2 Å². The van der Waals surface area contributed by atoms with Gasteiger partial charge in [0.15, 0.2) is 5.13 Å². The summed E-state index contributed by atoms with van der Waals surface area (Å²) in [4.78, 5) is 16.5. The highest BCUT2D eigenvalue weighted by molar-refractivity contribution is 7.14. The molecule has 0 saturated carbocycles. The first-order chi connectivity index (χ1) is 10.5. The molecule has 0 radical (unpaired) electrons. The van der Waals surface area contributed by atoms with Gasteiger partial charge in [-0.1, -0.05) is 22.9 Å². The number of hydrogen-bond acceptors (Lipinski definition) is 5. The maximum Gasteiger partial charge on any atom is 0.296 e. The summed E-state index contributed by atoms with van der Waals surface area (Å²) in [5.74, 6) is -0.163. The average Bonchev–Trinajstić information content (AvgIpc) is 3.11. The number of aryl methyl sites for hydroxylation is 3. The lowest BCUT2D eigenvalue weighted by atomic mass is 10.0. The van der Waals surface area contributed by atoms with Crippen molar-refractivity contribution >= 4 is 22.4 Å². The van der Waals surface area contributed by atoms with Gasteiger partial charge in [0.05, 0.1) is 11.4 Å². The number of benzene rings is 1. The lowest BCUT2D eigenvalue weighted by Crippen LogP contribution is -2.10. The molecule has 1 N–H and O–H groups in total. The molecular weight excluding hydrogens is 298 g/mol.